The lowest BCUT2D eigenvalue weighted by molar-refractivity contribution is -0.115. The Labute approximate surface area is 181 Å². The minimum Gasteiger partial charge on any atom is -0.274 e. The predicted octanol–water partition coefficient (Wildman–Crippen LogP) is 6.65. The summed E-state index contributed by atoms with van der Waals surface area (Å²) < 4.78 is 1.05. The third kappa shape index (κ3) is 4.43. The van der Waals surface area contributed by atoms with Crippen LogP contribution in [0.2, 0.25) is 5.02 Å². The topological polar surface area (TPSA) is 45.6 Å². The number of nitrogens with zero attached hydrogens (tertiary/aromatic N) is 3. The Kier molecular flexibility index (Phi) is 6.06. The second-order valence-corrected chi connectivity index (χ2v) is 9.50. The van der Waals surface area contributed by atoms with E-state index in [1.54, 1.807) is 40.6 Å². The molecule has 4 rings (SSSR count). The second kappa shape index (κ2) is 8.69. The van der Waals surface area contributed by atoms with E-state index < -0.39 is 0 Å². The van der Waals surface area contributed by atoms with Crippen LogP contribution in [0.1, 0.15) is 18.2 Å². The largest absolute Gasteiger partial charge is 0.274 e. The van der Waals surface area contributed by atoms with Gasteiger partial charge in [0, 0.05) is 28.8 Å². The number of halogens is 1. The first kappa shape index (κ1) is 19.5. The number of benzene rings is 2. The SMILES string of the molecule is CC(=O)N(c1cccc(Cl)c1)c1nc(CSC2=Nc3ccccc3CS2)cs1. The van der Waals surface area contributed by atoms with Crippen molar-refractivity contribution < 1.29 is 4.79 Å². The zero-order valence-corrected chi connectivity index (χ0v) is 18.2. The molecule has 142 valence electrons. The van der Waals surface area contributed by atoms with E-state index in [0.29, 0.717) is 15.9 Å². The van der Waals surface area contributed by atoms with Crippen LogP contribution in [0.15, 0.2) is 58.9 Å². The van der Waals surface area contributed by atoms with Crippen molar-refractivity contribution in [2.45, 2.75) is 18.4 Å². The van der Waals surface area contributed by atoms with Crippen molar-refractivity contribution in [3.63, 3.8) is 0 Å². The summed E-state index contributed by atoms with van der Waals surface area (Å²) in [7, 11) is 0. The van der Waals surface area contributed by atoms with E-state index in [-0.39, 0.29) is 5.91 Å². The standard InChI is InChI=1S/C20H16ClN3OS3/c1-13(25)24(17-7-4-6-15(21)9-17)19-22-16(11-26-19)12-28-20-23-18-8-3-2-5-14(18)10-27-20/h2-9,11H,10,12H2,1H3. The molecule has 4 nitrogen and oxygen atoms in total. The molecule has 0 fully saturated rings. The molecule has 28 heavy (non-hydrogen) atoms. The van der Waals surface area contributed by atoms with E-state index in [2.05, 4.69) is 11.1 Å². The monoisotopic (exact) mass is 445 g/mol. The van der Waals surface area contributed by atoms with Crippen molar-refractivity contribution in [1.82, 2.24) is 4.98 Å². The van der Waals surface area contributed by atoms with Gasteiger partial charge in [-0.1, -0.05) is 59.4 Å². The van der Waals surface area contributed by atoms with Crippen molar-refractivity contribution in [3.05, 3.63) is 70.2 Å². The number of carbonyl (C=O) groups excluding carboxylic acids is 1. The van der Waals surface area contributed by atoms with Gasteiger partial charge in [0.05, 0.1) is 17.1 Å². The Balaban J connectivity index is 1.48. The molecule has 1 aliphatic rings. The van der Waals surface area contributed by atoms with Gasteiger partial charge in [-0.25, -0.2) is 9.98 Å². The van der Waals surface area contributed by atoms with Crippen LogP contribution in [0.5, 0.6) is 0 Å². The van der Waals surface area contributed by atoms with Crippen molar-refractivity contribution in [2.24, 2.45) is 4.99 Å². The van der Waals surface area contributed by atoms with E-state index in [9.17, 15) is 4.79 Å². The molecule has 0 spiro atoms. The first-order valence-electron chi connectivity index (χ1n) is 8.53. The van der Waals surface area contributed by atoms with Crippen LogP contribution >= 0.6 is 46.5 Å². The third-order valence-electron chi connectivity index (χ3n) is 4.01. The maximum absolute atomic E-state index is 12.2. The van der Waals surface area contributed by atoms with Gasteiger partial charge in [0.2, 0.25) is 5.91 Å². The number of hydrogen-bond donors (Lipinski definition) is 0. The van der Waals surface area contributed by atoms with Crippen molar-refractivity contribution in [3.8, 4) is 0 Å². The molecule has 0 saturated carbocycles. The molecule has 2 aromatic carbocycles. The summed E-state index contributed by atoms with van der Waals surface area (Å²) in [5, 5.41) is 3.22. The molecule has 3 aromatic rings. The fraction of sp³-hybridized carbons (Fsp3) is 0.150. The number of thiazole rings is 1. The second-order valence-electron chi connectivity index (χ2n) is 6.04. The fourth-order valence-electron chi connectivity index (χ4n) is 2.73. The van der Waals surface area contributed by atoms with Gasteiger partial charge in [0.25, 0.3) is 0 Å². The molecule has 0 unspecified atom stereocenters. The maximum atomic E-state index is 12.2. The highest BCUT2D eigenvalue weighted by Gasteiger charge is 2.19. The molecular weight excluding hydrogens is 430 g/mol. The molecule has 0 N–H and O–H groups in total. The predicted molar refractivity (Wildman–Crippen MR) is 123 cm³/mol. The summed E-state index contributed by atoms with van der Waals surface area (Å²) >= 11 is 11.0. The zero-order chi connectivity index (χ0) is 19.5. The number of carbonyl (C=O) groups is 1. The van der Waals surface area contributed by atoms with Crippen LogP contribution in [-0.2, 0) is 16.3 Å². The van der Waals surface area contributed by atoms with Gasteiger partial charge < -0.3 is 0 Å². The Morgan fingerprint density at radius 1 is 1.25 bits per heavy atom. The first-order valence-corrected chi connectivity index (χ1v) is 11.8. The van der Waals surface area contributed by atoms with Gasteiger partial charge >= 0.3 is 0 Å². The summed E-state index contributed by atoms with van der Waals surface area (Å²) in [4.78, 5) is 23.2. The van der Waals surface area contributed by atoms with E-state index in [1.165, 1.54) is 23.8 Å². The average Bonchev–Trinajstić information content (AvgIpc) is 3.14. The summed E-state index contributed by atoms with van der Waals surface area (Å²) in [5.74, 6) is 1.56. The number of aromatic nitrogens is 1. The fourth-order valence-corrected chi connectivity index (χ4v) is 5.86. The highest BCUT2D eigenvalue weighted by Crippen LogP contribution is 2.36. The van der Waals surface area contributed by atoms with Gasteiger partial charge in [-0.05, 0) is 29.8 Å². The Morgan fingerprint density at radius 2 is 2.11 bits per heavy atom. The quantitative estimate of drug-likeness (QED) is 0.451. The van der Waals surface area contributed by atoms with Crippen molar-refractivity contribution in [2.75, 3.05) is 4.90 Å². The third-order valence-corrected chi connectivity index (χ3v) is 7.40. The average molecular weight is 446 g/mol. The summed E-state index contributed by atoms with van der Waals surface area (Å²) in [6, 6.07) is 15.5. The van der Waals surface area contributed by atoms with Crippen molar-refractivity contribution >= 4 is 73.3 Å². The van der Waals surface area contributed by atoms with Gasteiger partial charge in [-0.3, -0.25) is 9.69 Å². The number of fused-ring (bicyclic) bond motifs is 1. The lowest BCUT2D eigenvalue weighted by Gasteiger charge is -2.18. The van der Waals surface area contributed by atoms with Crippen LogP contribution in [0.25, 0.3) is 0 Å². The van der Waals surface area contributed by atoms with Gasteiger partial charge in [0.1, 0.15) is 4.38 Å². The van der Waals surface area contributed by atoms with Gasteiger partial charge in [-0.2, -0.15) is 0 Å². The molecular formula is C20H16ClN3OS3. The molecule has 1 aromatic heterocycles. The molecule has 0 aliphatic carbocycles. The van der Waals surface area contributed by atoms with Gasteiger partial charge in [0.15, 0.2) is 5.13 Å². The maximum Gasteiger partial charge on any atom is 0.230 e. The normalized spacial score (nSPS) is 13.0. The number of rotatable bonds is 4. The smallest absolute Gasteiger partial charge is 0.230 e. The lowest BCUT2D eigenvalue weighted by Crippen LogP contribution is -2.22. The molecule has 1 aliphatic heterocycles. The Morgan fingerprint density at radius 3 is 2.93 bits per heavy atom. The Bertz CT molecular complexity index is 1050. The molecule has 0 saturated heterocycles. The first-order chi connectivity index (χ1) is 13.6. The number of thioether (sulfide) groups is 2. The summed E-state index contributed by atoms with van der Waals surface area (Å²) in [6.45, 7) is 1.53. The molecule has 0 bridgehead atoms. The molecule has 1 amide bonds. The number of para-hydroxylation sites is 1. The van der Waals surface area contributed by atoms with E-state index >= 15 is 0 Å². The minimum absolute atomic E-state index is 0.0976. The number of anilines is 2. The molecule has 0 atom stereocenters. The highest BCUT2D eigenvalue weighted by atomic mass is 35.5. The van der Waals surface area contributed by atoms with E-state index in [1.807, 2.05) is 35.7 Å². The van der Waals surface area contributed by atoms with Crippen LogP contribution in [0.4, 0.5) is 16.5 Å². The highest BCUT2D eigenvalue weighted by molar-refractivity contribution is 8.38. The lowest BCUT2D eigenvalue weighted by atomic mass is 10.2. The number of aliphatic imine (C=N–C) groups is 1. The number of amides is 1. The molecule has 8 heteroatoms. The van der Waals surface area contributed by atoms with Crippen LogP contribution in [0.3, 0.4) is 0 Å². The van der Waals surface area contributed by atoms with Gasteiger partial charge in [-0.15, -0.1) is 11.3 Å². The van der Waals surface area contributed by atoms with E-state index in [0.717, 1.165) is 27.2 Å². The summed E-state index contributed by atoms with van der Waals surface area (Å²) in [5.41, 5.74) is 3.97. The summed E-state index contributed by atoms with van der Waals surface area (Å²) in [6.07, 6.45) is 0. The number of hydrogen-bond acceptors (Lipinski definition) is 6. The van der Waals surface area contributed by atoms with Crippen LogP contribution < -0.4 is 4.90 Å². The Hall–Kier alpha value is -1.80. The van der Waals surface area contributed by atoms with Crippen LogP contribution in [0, 0.1) is 0 Å². The minimum atomic E-state index is -0.0976. The van der Waals surface area contributed by atoms with Crippen LogP contribution in [-0.4, -0.2) is 15.3 Å². The zero-order valence-electron chi connectivity index (χ0n) is 15.0. The molecule has 2 heterocycles. The van der Waals surface area contributed by atoms with E-state index in [4.69, 9.17) is 16.6 Å². The van der Waals surface area contributed by atoms with Crippen molar-refractivity contribution in [1.29, 1.82) is 0 Å². The molecule has 0 radical (unpaired) electrons.